The van der Waals surface area contributed by atoms with E-state index in [-0.39, 0.29) is 5.91 Å². The number of ether oxygens (including phenoxy) is 3. The highest BCUT2D eigenvalue weighted by atomic mass is 16.5. The van der Waals surface area contributed by atoms with Crippen LogP contribution in [0.15, 0.2) is 36.4 Å². The molecule has 25 heavy (non-hydrogen) atoms. The Morgan fingerprint density at radius 2 is 1.44 bits per heavy atom. The van der Waals surface area contributed by atoms with Gasteiger partial charge < -0.3 is 19.5 Å². The molecule has 0 aliphatic rings. The molecule has 5 nitrogen and oxygen atoms in total. The van der Waals surface area contributed by atoms with Gasteiger partial charge in [-0.2, -0.15) is 0 Å². The maximum absolute atomic E-state index is 12.2. The Labute approximate surface area is 148 Å². The summed E-state index contributed by atoms with van der Waals surface area (Å²) in [4.78, 5) is 12.2. The molecule has 0 bridgehead atoms. The number of methoxy groups -OCH3 is 3. The van der Waals surface area contributed by atoms with E-state index in [4.69, 9.17) is 14.2 Å². The summed E-state index contributed by atoms with van der Waals surface area (Å²) in [6, 6.07) is 9.47. The van der Waals surface area contributed by atoms with E-state index >= 15 is 0 Å². The average molecular weight is 341 g/mol. The van der Waals surface area contributed by atoms with Crippen LogP contribution in [-0.2, 0) is 4.79 Å². The van der Waals surface area contributed by atoms with Crippen molar-refractivity contribution in [3.05, 3.63) is 53.1 Å². The van der Waals surface area contributed by atoms with Crippen LogP contribution >= 0.6 is 0 Å². The van der Waals surface area contributed by atoms with Gasteiger partial charge in [0.15, 0.2) is 11.5 Å². The van der Waals surface area contributed by atoms with Crippen LogP contribution in [0.4, 0.5) is 5.69 Å². The molecule has 0 heterocycles. The molecule has 0 radical (unpaired) electrons. The fourth-order valence-corrected chi connectivity index (χ4v) is 2.60. The maximum atomic E-state index is 12.2. The fraction of sp³-hybridized carbons (Fsp3) is 0.250. The predicted octanol–water partition coefficient (Wildman–Crippen LogP) is 3.98. The molecular weight excluding hydrogens is 318 g/mol. The Kier molecular flexibility index (Phi) is 6.06. The van der Waals surface area contributed by atoms with Crippen molar-refractivity contribution in [3.63, 3.8) is 0 Å². The molecular formula is C20H23NO4. The Bertz CT molecular complexity index is 751. The smallest absolute Gasteiger partial charge is 0.248 e. The van der Waals surface area contributed by atoms with Crippen molar-refractivity contribution in [1.82, 2.24) is 0 Å². The van der Waals surface area contributed by atoms with Gasteiger partial charge in [-0.05, 0) is 60.9 Å². The topological polar surface area (TPSA) is 56.8 Å². The lowest BCUT2D eigenvalue weighted by atomic mass is 10.1. The number of anilines is 1. The second kappa shape index (κ2) is 8.24. The van der Waals surface area contributed by atoms with Crippen molar-refractivity contribution in [2.45, 2.75) is 13.8 Å². The standard InChI is InChI=1S/C20H23NO4/c1-13-8-14(2)10-16(9-13)21-19(22)7-6-15-11-17(23-3)20(25-5)18(12-15)24-4/h6-12H,1-5H3,(H,21,22)/b7-6+. The van der Waals surface area contributed by atoms with Gasteiger partial charge in [-0.1, -0.05) is 6.07 Å². The lowest BCUT2D eigenvalue weighted by Gasteiger charge is -2.12. The molecule has 132 valence electrons. The molecule has 0 spiro atoms. The molecule has 1 N–H and O–H groups in total. The third-order valence-corrected chi connectivity index (χ3v) is 3.60. The monoisotopic (exact) mass is 341 g/mol. The molecule has 0 saturated heterocycles. The first-order chi connectivity index (χ1) is 12.0. The summed E-state index contributed by atoms with van der Waals surface area (Å²) >= 11 is 0. The molecule has 2 rings (SSSR count). The van der Waals surface area contributed by atoms with Crippen LogP contribution in [-0.4, -0.2) is 27.2 Å². The van der Waals surface area contributed by atoms with Crippen molar-refractivity contribution >= 4 is 17.7 Å². The van der Waals surface area contributed by atoms with Gasteiger partial charge in [0.2, 0.25) is 11.7 Å². The number of carbonyl (C=O) groups excluding carboxylic acids is 1. The molecule has 0 aliphatic heterocycles. The minimum absolute atomic E-state index is 0.209. The second-order valence-electron chi connectivity index (χ2n) is 5.66. The largest absolute Gasteiger partial charge is 0.493 e. The molecule has 1 amide bonds. The van der Waals surface area contributed by atoms with Crippen LogP contribution in [0.3, 0.4) is 0 Å². The molecule has 0 aromatic heterocycles. The molecule has 2 aromatic rings. The number of carbonyl (C=O) groups is 1. The van der Waals surface area contributed by atoms with Crippen LogP contribution in [0, 0.1) is 13.8 Å². The minimum atomic E-state index is -0.209. The summed E-state index contributed by atoms with van der Waals surface area (Å²) in [7, 11) is 4.66. The van der Waals surface area contributed by atoms with Gasteiger partial charge in [-0.3, -0.25) is 4.79 Å². The number of rotatable bonds is 6. The van der Waals surface area contributed by atoms with Gasteiger partial charge in [-0.15, -0.1) is 0 Å². The van der Waals surface area contributed by atoms with Crippen LogP contribution in [0.5, 0.6) is 17.2 Å². The van der Waals surface area contributed by atoms with Gasteiger partial charge in [0.25, 0.3) is 0 Å². The molecule has 0 saturated carbocycles. The van der Waals surface area contributed by atoms with Crippen molar-refractivity contribution in [2.24, 2.45) is 0 Å². The second-order valence-corrected chi connectivity index (χ2v) is 5.66. The van der Waals surface area contributed by atoms with E-state index in [0.717, 1.165) is 22.4 Å². The van der Waals surface area contributed by atoms with E-state index in [1.165, 1.54) is 6.08 Å². The Hall–Kier alpha value is -2.95. The highest BCUT2D eigenvalue weighted by Crippen LogP contribution is 2.38. The highest BCUT2D eigenvalue weighted by molar-refractivity contribution is 6.02. The van der Waals surface area contributed by atoms with Gasteiger partial charge >= 0.3 is 0 Å². The van der Waals surface area contributed by atoms with Gasteiger partial charge in [0.1, 0.15) is 0 Å². The molecule has 5 heteroatoms. The first-order valence-electron chi connectivity index (χ1n) is 7.84. The highest BCUT2D eigenvalue weighted by Gasteiger charge is 2.12. The number of nitrogens with one attached hydrogen (secondary N) is 1. The van der Waals surface area contributed by atoms with E-state index in [2.05, 4.69) is 11.4 Å². The molecule has 0 fully saturated rings. The average Bonchev–Trinajstić information content (AvgIpc) is 2.57. The van der Waals surface area contributed by atoms with Crippen LogP contribution in [0.25, 0.3) is 6.08 Å². The van der Waals surface area contributed by atoms with Gasteiger partial charge in [-0.25, -0.2) is 0 Å². The van der Waals surface area contributed by atoms with Gasteiger partial charge in [0, 0.05) is 11.8 Å². The number of hydrogen-bond acceptors (Lipinski definition) is 4. The lowest BCUT2D eigenvalue weighted by molar-refractivity contribution is -0.111. The van der Waals surface area contributed by atoms with Crippen LogP contribution < -0.4 is 19.5 Å². The van der Waals surface area contributed by atoms with E-state index < -0.39 is 0 Å². The third kappa shape index (κ3) is 4.76. The third-order valence-electron chi connectivity index (χ3n) is 3.60. The Balaban J connectivity index is 2.19. The summed E-state index contributed by atoms with van der Waals surface area (Å²) in [5.74, 6) is 1.38. The summed E-state index contributed by atoms with van der Waals surface area (Å²) in [5, 5.41) is 2.86. The lowest BCUT2D eigenvalue weighted by Crippen LogP contribution is -2.08. The molecule has 0 unspecified atom stereocenters. The minimum Gasteiger partial charge on any atom is -0.493 e. The Morgan fingerprint density at radius 3 is 1.92 bits per heavy atom. The SMILES string of the molecule is COc1cc(/C=C/C(=O)Nc2cc(C)cc(C)c2)cc(OC)c1OC. The van der Waals surface area contributed by atoms with Crippen molar-refractivity contribution < 1.29 is 19.0 Å². The van der Waals surface area contributed by atoms with Crippen molar-refractivity contribution in [2.75, 3.05) is 26.6 Å². The fourth-order valence-electron chi connectivity index (χ4n) is 2.60. The van der Waals surface area contributed by atoms with E-state index in [9.17, 15) is 4.79 Å². The molecule has 0 atom stereocenters. The van der Waals surface area contributed by atoms with E-state index in [0.29, 0.717) is 17.2 Å². The number of aryl methyl sites for hydroxylation is 2. The van der Waals surface area contributed by atoms with Crippen LogP contribution in [0.2, 0.25) is 0 Å². The summed E-state index contributed by atoms with van der Waals surface area (Å²) in [6.45, 7) is 3.99. The summed E-state index contributed by atoms with van der Waals surface area (Å²) in [6.07, 6.45) is 3.17. The summed E-state index contributed by atoms with van der Waals surface area (Å²) in [5.41, 5.74) is 3.75. The zero-order valence-electron chi connectivity index (χ0n) is 15.2. The number of benzene rings is 2. The summed E-state index contributed by atoms with van der Waals surface area (Å²) < 4.78 is 15.9. The van der Waals surface area contributed by atoms with Crippen LogP contribution in [0.1, 0.15) is 16.7 Å². The van der Waals surface area contributed by atoms with Crippen molar-refractivity contribution in [1.29, 1.82) is 0 Å². The van der Waals surface area contributed by atoms with Crippen molar-refractivity contribution in [3.8, 4) is 17.2 Å². The van der Waals surface area contributed by atoms with Gasteiger partial charge in [0.05, 0.1) is 21.3 Å². The zero-order chi connectivity index (χ0) is 18.4. The molecule has 0 aliphatic carbocycles. The predicted molar refractivity (Wildman–Crippen MR) is 99.7 cm³/mol. The first kappa shape index (κ1) is 18.4. The Morgan fingerprint density at radius 1 is 0.880 bits per heavy atom. The quantitative estimate of drug-likeness (QED) is 0.808. The zero-order valence-corrected chi connectivity index (χ0v) is 15.2. The number of amides is 1. The maximum Gasteiger partial charge on any atom is 0.248 e. The van der Waals surface area contributed by atoms with E-state index in [1.54, 1.807) is 39.5 Å². The normalized spacial score (nSPS) is 10.6. The number of hydrogen-bond donors (Lipinski definition) is 1. The van der Waals surface area contributed by atoms with E-state index in [1.807, 2.05) is 26.0 Å². The molecule has 2 aromatic carbocycles. The first-order valence-corrected chi connectivity index (χ1v) is 7.84.